The third kappa shape index (κ3) is 4.05. The van der Waals surface area contributed by atoms with Gasteiger partial charge in [0.15, 0.2) is 0 Å². The average molecular weight is 230 g/mol. The normalized spacial score (nSPS) is 28.7. The third-order valence-electron chi connectivity index (χ3n) is 2.66. The zero-order chi connectivity index (χ0) is 11.6. The molecular formula is C11H22N2OS. The number of morpholine rings is 1. The van der Waals surface area contributed by atoms with Gasteiger partial charge in [-0.1, -0.05) is 19.1 Å². The van der Waals surface area contributed by atoms with Crippen LogP contribution in [0.3, 0.4) is 0 Å². The quantitative estimate of drug-likeness (QED) is 0.744. The number of thiocarbonyl (C=S) groups is 1. The maximum Gasteiger partial charge on any atom is 0.0768 e. The SMILES string of the molecule is CC1CN(CC(C)C(N)=S)CC(C)(C)O1. The van der Waals surface area contributed by atoms with Crippen LogP contribution in [-0.4, -0.2) is 41.2 Å². The molecule has 0 amide bonds. The Kier molecular flexibility index (Phi) is 4.09. The molecule has 1 rings (SSSR count). The van der Waals surface area contributed by atoms with E-state index in [4.69, 9.17) is 22.7 Å². The minimum Gasteiger partial charge on any atom is -0.393 e. The fraction of sp³-hybridized carbons (Fsp3) is 0.909. The van der Waals surface area contributed by atoms with Crippen molar-refractivity contribution < 1.29 is 4.74 Å². The van der Waals surface area contributed by atoms with Crippen molar-refractivity contribution in [1.29, 1.82) is 0 Å². The van der Waals surface area contributed by atoms with E-state index < -0.39 is 0 Å². The first-order valence-corrected chi connectivity index (χ1v) is 5.90. The van der Waals surface area contributed by atoms with Crippen LogP contribution < -0.4 is 5.73 Å². The molecule has 3 nitrogen and oxygen atoms in total. The summed E-state index contributed by atoms with van der Waals surface area (Å²) in [5.41, 5.74) is 5.57. The van der Waals surface area contributed by atoms with E-state index >= 15 is 0 Å². The molecule has 1 saturated heterocycles. The molecule has 1 fully saturated rings. The molecule has 15 heavy (non-hydrogen) atoms. The highest BCUT2D eigenvalue weighted by Crippen LogP contribution is 2.21. The van der Waals surface area contributed by atoms with Crippen molar-refractivity contribution >= 4 is 17.2 Å². The van der Waals surface area contributed by atoms with E-state index in [1.165, 1.54) is 0 Å². The van der Waals surface area contributed by atoms with E-state index in [0.717, 1.165) is 19.6 Å². The van der Waals surface area contributed by atoms with Gasteiger partial charge >= 0.3 is 0 Å². The predicted molar refractivity (Wildman–Crippen MR) is 67.0 cm³/mol. The first kappa shape index (κ1) is 12.9. The lowest BCUT2D eigenvalue weighted by Gasteiger charge is -2.42. The van der Waals surface area contributed by atoms with E-state index in [2.05, 4.69) is 32.6 Å². The van der Waals surface area contributed by atoms with Gasteiger partial charge in [-0.3, -0.25) is 4.90 Å². The average Bonchev–Trinajstić information content (AvgIpc) is 1.99. The fourth-order valence-electron chi connectivity index (χ4n) is 2.20. The van der Waals surface area contributed by atoms with E-state index in [0.29, 0.717) is 4.99 Å². The maximum atomic E-state index is 5.84. The Labute approximate surface area is 98.0 Å². The van der Waals surface area contributed by atoms with Crippen molar-refractivity contribution in [3.8, 4) is 0 Å². The summed E-state index contributed by atoms with van der Waals surface area (Å²) < 4.78 is 5.84. The summed E-state index contributed by atoms with van der Waals surface area (Å²) in [6.07, 6.45) is 0.285. The number of hydrogen-bond acceptors (Lipinski definition) is 3. The minimum atomic E-state index is -0.0619. The Bertz CT molecular complexity index is 243. The molecule has 0 bridgehead atoms. The van der Waals surface area contributed by atoms with Gasteiger partial charge in [-0.15, -0.1) is 0 Å². The molecule has 1 aliphatic heterocycles. The van der Waals surface area contributed by atoms with Crippen molar-refractivity contribution in [3.63, 3.8) is 0 Å². The zero-order valence-electron chi connectivity index (χ0n) is 10.1. The lowest BCUT2D eigenvalue weighted by Crippen LogP contribution is -2.53. The van der Waals surface area contributed by atoms with E-state index in [9.17, 15) is 0 Å². The number of hydrogen-bond donors (Lipinski definition) is 1. The van der Waals surface area contributed by atoms with Crippen LogP contribution in [0.4, 0.5) is 0 Å². The van der Waals surface area contributed by atoms with E-state index in [-0.39, 0.29) is 17.6 Å². The van der Waals surface area contributed by atoms with Crippen LogP contribution >= 0.6 is 12.2 Å². The van der Waals surface area contributed by atoms with Crippen LogP contribution in [0.1, 0.15) is 27.7 Å². The molecule has 2 atom stereocenters. The second-order valence-corrected chi connectivity index (χ2v) is 5.66. The van der Waals surface area contributed by atoms with Gasteiger partial charge < -0.3 is 10.5 Å². The lowest BCUT2D eigenvalue weighted by atomic mass is 10.0. The summed E-state index contributed by atoms with van der Waals surface area (Å²) in [4.78, 5) is 2.99. The minimum absolute atomic E-state index is 0.0619. The molecule has 0 aromatic rings. The molecule has 0 spiro atoms. The van der Waals surface area contributed by atoms with Crippen LogP contribution in [0, 0.1) is 5.92 Å². The Morgan fingerprint density at radius 2 is 2.27 bits per heavy atom. The maximum absolute atomic E-state index is 5.84. The van der Waals surface area contributed by atoms with Crippen molar-refractivity contribution in [3.05, 3.63) is 0 Å². The van der Waals surface area contributed by atoms with Gasteiger partial charge in [-0.2, -0.15) is 0 Å². The Balaban J connectivity index is 2.52. The molecular weight excluding hydrogens is 208 g/mol. The van der Waals surface area contributed by atoms with Crippen molar-refractivity contribution in [2.75, 3.05) is 19.6 Å². The Morgan fingerprint density at radius 1 is 1.67 bits per heavy atom. The molecule has 2 unspecified atom stereocenters. The first-order valence-electron chi connectivity index (χ1n) is 5.49. The highest BCUT2D eigenvalue weighted by Gasteiger charge is 2.31. The number of rotatable bonds is 3. The van der Waals surface area contributed by atoms with E-state index in [1.807, 2.05) is 0 Å². The van der Waals surface area contributed by atoms with Gasteiger partial charge in [0, 0.05) is 25.6 Å². The third-order valence-corrected chi connectivity index (χ3v) is 3.06. The number of ether oxygens (including phenoxy) is 1. The van der Waals surface area contributed by atoms with Crippen LogP contribution in [0.5, 0.6) is 0 Å². The van der Waals surface area contributed by atoms with Crippen molar-refractivity contribution in [1.82, 2.24) is 4.90 Å². The fourth-order valence-corrected chi connectivity index (χ4v) is 2.28. The molecule has 88 valence electrons. The molecule has 0 radical (unpaired) electrons. The second kappa shape index (κ2) is 4.76. The summed E-state index contributed by atoms with van der Waals surface area (Å²) >= 11 is 4.99. The van der Waals surface area contributed by atoms with Gasteiger partial charge in [0.1, 0.15) is 0 Å². The lowest BCUT2D eigenvalue weighted by molar-refractivity contribution is -0.129. The Morgan fingerprint density at radius 3 is 2.73 bits per heavy atom. The highest BCUT2D eigenvalue weighted by molar-refractivity contribution is 7.80. The molecule has 4 heteroatoms. The molecule has 0 aliphatic carbocycles. The van der Waals surface area contributed by atoms with Crippen molar-refractivity contribution in [2.24, 2.45) is 11.7 Å². The van der Waals surface area contributed by atoms with Gasteiger partial charge in [-0.05, 0) is 20.8 Å². The first-order chi connectivity index (χ1) is 6.80. The van der Waals surface area contributed by atoms with E-state index in [1.54, 1.807) is 0 Å². The van der Waals surface area contributed by atoms with Crippen LogP contribution in [-0.2, 0) is 4.74 Å². The van der Waals surface area contributed by atoms with Crippen LogP contribution in [0.15, 0.2) is 0 Å². The summed E-state index contributed by atoms with van der Waals surface area (Å²) in [6.45, 7) is 11.3. The highest BCUT2D eigenvalue weighted by atomic mass is 32.1. The zero-order valence-corrected chi connectivity index (χ0v) is 10.9. The monoisotopic (exact) mass is 230 g/mol. The van der Waals surface area contributed by atoms with Gasteiger partial charge in [0.25, 0.3) is 0 Å². The van der Waals surface area contributed by atoms with Crippen LogP contribution in [0.2, 0.25) is 0 Å². The van der Waals surface area contributed by atoms with Gasteiger partial charge in [0.2, 0.25) is 0 Å². The van der Waals surface area contributed by atoms with Gasteiger partial charge in [-0.25, -0.2) is 0 Å². The topological polar surface area (TPSA) is 38.5 Å². The second-order valence-electron chi connectivity index (χ2n) is 5.19. The summed E-state index contributed by atoms with van der Waals surface area (Å²) in [5.74, 6) is 0.279. The molecule has 1 aliphatic rings. The summed E-state index contributed by atoms with van der Waals surface area (Å²) in [7, 11) is 0. The van der Waals surface area contributed by atoms with Gasteiger partial charge in [0.05, 0.1) is 16.7 Å². The molecule has 0 aromatic carbocycles. The molecule has 0 saturated carbocycles. The molecule has 0 aromatic heterocycles. The predicted octanol–water partition coefficient (Wildman–Crippen LogP) is 1.41. The largest absolute Gasteiger partial charge is 0.393 e. The smallest absolute Gasteiger partial charge is 0.0768 e. The standard InChI is InChI=1S/C11H22N2OS/c1-8(10(12)15)5-13-6-9(2)14-11(3,4)7-13/h8-9H,5-7H2,1-4H3,(H2,12,15). The van der Waals surface area contributed by atoms with Crippen LogP contribution in [0.25, 0.3) is 0 Å². The molecule has 1 heterocycles. The summed E-state index contributed by atoms with van der Waals surface area (Å²) in [5, 5.41) is 0. The van der Waals surface area contributed by atoms with Crippen molar-refractivity contribution in [2.45, 2.75) is 39.4 Å². The Hall–Kier alpha value is -0.190. The number of nitrogens with two attached hydrogens (primary N) is 1. The molecule has 2 N–H and O–H groups in total. The summed E-state index contributed by atoms with van der Waals surface area (Å²) in [6, 6.07) is 0. The number of nitrogens with zero attached hydrogens (tertiary/aromatic N) is 1.